The number of hydrogen-bond acceptors (Lipinski definition) is 2. The molecule has 1 amide bonds. The first-order valence-electron chi connectivity index (χ1n) is 8.61. The Morgan fingerprint density at radius 2 is 2.13 bits per heavy atom. The summed E-state index contributed by atoms with van der Waals surface area (Å²) < 4.78 is 2.19. The van der Waals surface area contributed by atoms with Crippen molar-refractivity contribution in [2.24, 2.45) is 0 Å². The number of hydrogen-bond donors (Lipinski definition) is 1. The Morgan fingerprint density at radius 1 is 1.26 bits per heavy atom. The highest BCUT2D eigenvalue weighted by atomic mass is 16.1. The lowest BCUT2D eigenvalue weighted by atomic mass is 9.82. The molecule has 2 atom stereocenters. The number of imidazole rings is 1. The fraction of sp³-hybridized carbons (Fsp3) is 0.474. The van der Waals surface area contributed by atoms with Gasteiger partial charge in [-0.2, -0.15) is 0 Å². The van der Waals surface area contributed by atoms with Gasteiger partial charge in [-0.3, -0.25) is 4.79 Å². The Balaban J connectivity index is 1.47. The van der Waals surface area contributed by atoms with Gasteiger partial charge in [0.25, 0.3) is 0 Å². The summed E-state index contributed by atoms with van der Waals surface area (Å²) in [5.74, 6) is 1.37. The predicted molar refractivity (Wildman–Crippen MR) is 89.3 cm³/mol. The van der Waals surface area contributed by atoms with Gasteiger partial charge in [-0.25, -0.2) is 4.98 Å². The van der Waals surface area contributed by atoms with Crippen LogP contribution in [0.25, 0.3) is 0 Å². The molecule has 2 heterocycles. The Hall–Kier alpha value is -2.10. The molecule has 0 saturated carbocycles. The maximum atomic E-state index is 12.8. The summed E-state index contributed by atoms with van der Waals surface area (Å²) in [4.78, 5) is 17.3. The second-order valence-corrected chi connectivity index (χ2v) is 6.84. The molecule has 120 valence electrons. The summed E-state index contributed by atoms with van der Waals surface area (Å²) in [5, 5.41) is 3.29. The highest BCUT2D eigenvalue weighted by Gasteiger charge is 2.29. The number of benzene rings is 1. The van der Waals surface area contributed by atoms with Crippen molar-refractivity contribution in [1.82, 2.24) is 14.9 Å². The first-order chi connectivity index (χ1) is 11.2. The zero-order chi connectivity index (χ0) is 15.8. The van der Waals surface area contributed by atoms with Gasteiger partial charge in [0.2, 0.25) is 5.91 Å². The zero-order valence-electron chi connectivity index (χ0n) is 13.6. The first-order valence-corrected chi connectivity index (χ1v) is 8.61. The molecule has 0 fully saturated rings. The van der Waals surface area contributed by atoms with Crippen LogP contribution in [-0.2, 0) is 24.2 Å². The largest absolute Gasteiger partial charge is 0.351 e. The van der Waals surface area contributed by atoms with E-state index in [2.05, 4.69) is 39.3 Å². The fourth-order valence-corrected chi connectivity index (χ4v) is 4.03. The van der Waals surface area contributed by atoms with E-state index in [1.807, 2.05) is 13.0 Å². The van der Waals surface area contributed by atoms with E-state index in [1.165, 1.54) is 11.1 Å². The van der Waals surface area contributed by atoms with Crippen molar-refractivity contribution in [2.75, 3.05) is 0 Å². The molecule has 1 N–H and O–H groups in total. The lowest BCUT2D eigenvalue weighted by molar-refractivity contribution is -0.123. The van der Waals surface area contributed by atoms with E-state index >= 15 is 0 Å². The number of nitrogens with zero attached hydrogens (tertiary/aromatic N) is 2. The molecule has 4 heteroatoms. The second kappa shape index (κ2) is 5.84. The Labute approximate surface area is 136 Å². The normalized spacial score (nSPS) is 23.0. The molecule has 4 nitrogen and oxygen atoms in total. The van der Waals surface area contributed by atoms with Crippen LogP contribution in [0.15, 0.2) is 30.5 Å². The molecule has 0 saturated heterocycles. The van der Waals surface area contributed by atoms with Gasteiger partial charge < -0.3 is 9.88 Å². The van der Waals surface area contributed by atoms with Gasteiger partial charge in [-0.15, -0.1) is 0 Å². The number of nitrogens with one attached hydrogen (secondary N) is 1. The van der Waals surface area contributed by atoms with E-state index in [1.54, 1.807) is 0 Å². The highest BCUT2D eigenvalue weighted by Crippen LogP contribution is 2.31. The van der Waals surface area contributed by atoms with Crippen LogP contribution in [0.2, 0.25) is 0 Å². The van der Waals surface area contributed by atoms with E-state index in [-0.39, 0.29) is 17.9 Å². The van der Waals surface area contributed by atoms with Crippen molar-refractivity contribution >= 4 is 5.91 Å². The monoisotopic (exact) mass is 309 g/mol. The fourth-order valence-electron chi connectivity index (χ4n) is 4.03. The van der Waals surface area contributed by atoms with Crippen molar-refractivity contribution in [2.45, 2.75) is 57.5 Å². The third kappa shape index (κ3) is 2.78. The third-order valence-electron chi connectivity index (χ3n) is 5.15. The zero-order valence-corrected chi connectivity index (χ0v) is 13.6. The summed E-state index contributed by atoms with van der Waals surface area (Å²) >= 11 is 0. The van der Waals surface area contributed by atoms with E-state index in [4.69, 9.17) is 0 Å². The van der Waals surface area contributed by atoms with Gasteiger partial charge in [-0.05, 0) is 43.7 Å². The molecule has 2 aromatic rings. The second-order valence-electron chi connectivity index (χ2n) is 6.84. The summed E-state index contributed by atoms with van der Waals surface area (Å²) in [5.41, 5.74) is 3.63. The van der Waals surface area contributed by atoms with Crippen molar-refractivity contribution < 1.29 is 4.79 Å². The van der Waals surface area contributed by atoms with Crippen molar-refractivity contribution in [3.63, 3.8) is 0 Å². The SMILES string of the molecule is Cc1cn2c(n1)CCC(NC(=O)C1CCCc3ccccc31)C2. The molecule has 1 aromatic carbocycles. The predicted octanol–water partition coefficient (Wildman–Crippen LogP) is 2.74. The molecule has 0 bridgehead atoms. The van der Waals surface area contributed by atoms with Crippen LogP contribution in [0, 0.1) is 6.92 Å². The lowest BCUT2D eigenvalue weighted by Crippen LogP contribution is -2.43. The van der Waals surface area contributed by atoms with Crippen LogP contribution in [-0.4, -0.2) is 21.5 Å². The standard InChI is InChI=1S/C19H23N3O/c1-13-11-22-12-15(9-10-18(22)20-13)21-19(23)17-8-4-6-14-5-2-3-7-16(14)17/h2-3,5,7,11,15,17H,4,6,8-10,12H2,1H3,(H,21,23). The van der Waals surface area contributed by atoms with E-state index in [0.717, 1.165) is 50.2 Å². The van der Waals surface area contributed by atoms with Crippen LogP contribution < -0.4 is 5.32 Å². The van der Waals surface area contributed by atoms with Crippen molar-refractivity contribution in [1.29, 1.82) is 0 Å². The topological polar surface area (TPSA) is 46.9 Å². The smallest absolute Gasteiger partial charge is 0.227 e. The van der Waals surface area contributed by atoms with Crippen LogP contribution in [0.1, 0.15) is 47.8 Å². The van der Waals surface area contributed by atoms with Crippen LogP contribution >= 0.6 is 0 Å². The Morgan fingerprint density at radius 3 is 3.04 bits per heavy atom. The highest BCUT2D eigenvalue weighted by molar-refractivity contribution is 5.84. The van der Waals surface area contributed by atoms with E-state index < -0.39 is 0 Å². The Kier molecular flexibility index (Phi) is 3.68. The quantitative estimate of drug-likeness (QED) is 0.927. The molecule has 23 heavy (non-hydrogen) atoms. The van der Waals surface area contributed by atoms with Crippen LogP contribution in [0.3, 0.4) is 0 Å². The van der Waals surface area contributed by atoms with Crippen molar-refractivity contribution in [3.05, 3.63) is 53.1 Å². The van der Waals surface area contributed by atoms with Crippen LogP contribution in [0.5, 0.6) is 0 Å². The summed E-state index contributed by atoms with van der Waals surface area (Å²) in [6, 6.07) is 8.62. The summed E-state index contributed by atoms with van der Waals surface area (Å²) in [6.45, 7) is 2.87. The minimum absolute atomic E-state index is 0.0193. The number of rotatable bonds is 2. The summed E-state index contributed by atoms with van der Waals surface area (Å²) in [6.07, 6.45) is 7.18. The number of carbonyl (C=O) groups excluding carboxylic acids is 1. The van der Waals surface area contributed by atoms with Crippen molar-refractivity contribution in [3.8, 4) is 0 Å². The van der Waals surface area contributed by atoms with Gasteiger partial charge in [0, 0.05) is 25.2 Å². The molecule has 4 rings (SSSR count). The molecule has 0 spiro atoms. The van der Waals surface area contributed by atoms with Gasteiger partial charge in [-0.1, -0.05) is 24.3 Å². The maximum Gasteiger partial charge on any atom is 0.227 e. The lowest BCUT2D eigenvalue weighted by Gasteiger charge is -2.29. The van der Waals surface area contributed by atoms with Gasteiger partial charge in [0.1, 0.15) is 5.82 Å². The molecular formula is C19H23N3O. The summed E-state index contributed by atoms with van der Waals surface area (Å²) in [7, 11) is 0. The maximum absolute atomic E-state index is 12.8. The average Bonchev–Trinajstić information content (AvgIpc) is 2.93. The minimum Gasteiger partial charge on any atom is -0.351 e. The molecule has 0 radical (unpaired) electrons. The number of aromatic nitrogens is 2. The third-order valence-corrected chi connectivity index (χ3v) is 5.15. The molecule has 1 aliphatic carbocycles. The minimum atomic E-state index is 0.0193. The van der Waals surface area contributed by atoms with Gasteiger partial charge >= 0.3 is 0 Å². The average molecular weight is 309 g/mol. The molecule has 1 aliphatic heterocycles. The first kappa shape index (κ1) is 14.5. The number of carbonyl (C=O) groups is 1. The number of amides is 1. The molecule has 2 aliphatic rings. The number of aryl methyl sites for hydroxylation is 3. The molecule has 1 aromatic heterocycles. The van der Waals surface area contributed by atoms with Gasteiger partial charge in [0.15, 0.2) is 0 Å². The number of fused-ring (bicyclic) bond motifs is 2. The Bertz CT molecular complexity index is 734. The van der Waals surface area contributed by atoms with Crippen LogP contribution in [0.4, 0.5) is 0 Å². The molecular weight excluding hydrogens is 286 g/mol. The van der Waals surface area contributed by atoms with E-state index in [9.17, 15) is 4.79 Å². The van der Waals surface area contributed by atoms with E-state index in [0.29, 0.717) is 0 Å². The molecule has 2 unspecified atom stereocenters. The van der Waals surface area contributed by atoms with Gasteiger partial charge in [0.05, 0.1) is 11.6 Å².